The van der Waals surface area contributed by atoms with E-state index in [-0.39, 0.29) is 0 Å². The van der Waals surface area contributed by atoms with Crippen molar-refractivity contribution < 1.29 is 9.52 Å². The van der Waals surface area contributed by atoms with Crippen LogP contribution in [0.3, 0.4) is 0 Å². The molecule has 0 aliphatic carbocycles. The minimum atomic E-state index is -0.522. The Morgan fingerprint density at radius 3 is 3.27 bits per heavy atom. The number of hydrogen-bond donors (Lipinski definition) is 2. The third-order valence-corrected chi connectivity index (χ3v) is 4.00. The fourth-order valence-corrected chi connectivity index (χ4v) is 3.00. The highest BCUT2D eigenvalue weighted by Gasteiger charge is 2.16. The second-order valence-corrected chi connectivity index (χ2v) is 5.23. The molecular formula is C11H17NO2S. The van der Waals surface area contributed by atoms with Crippen LogP contribution in [-0.4, -0.2) is 29.2 Å². The van der Waals surface area contributed by atoms with Gasteiger partial charge in [-0.25, -0.2) is 0 Å². The normalized spacial score (nSPS) is 23.1. The first-order chi connectivity index (χ1) is 7.36. The molecule has 1 aromatic rings. The van der Waals surface area contributed by atoms with E-state index in [1.807, 2.05) is 11.8 Å². The van der Waals surface area contributed by atoms with Crippen LogP contribution in [0, 0.1) is 0 Å². The third kappa shape index (κ3) is 3.26. The Labute approximate surface area is 94.2 Å². The number of rotatable bonds is 5. The summed E-state index contributed by atoms with van der Waals surface area (Å²) in [5, 5.41) is 13.7. The Morgan fingerprint density at radius 2 is 2.60 bits per heavy atom. The van der Waals surface area contributed by atoms with Gasteiger partial charge in [0.05, 0.1) is 6.26 Å². The van der Waals surface area contributed by atoms with Gasteiger partial charge >= 0.3 is 0 Å². The summed E-state index contributed by atoms with van der Waals surface area (Å²) in [7, 11) is 0. The van der Waals surface area contributed by atoms with Crippen molar-refractivity contribution in [2.24, 2.45) is 0 Å². The highest BCUT2D eigenvalue weighted by Crippen LogP contribution is 2.25. The van der Waals surface area contributed by atoms with Crippen molar-refractivity contribution in [3.05, 3.63) is 24.2 Å². The number of thioether (sulfide) groups is 1. The summed E-state index contributed by atoms with van der Waals surface area (Å²) in [6.07, 6.45) is 3.70. The predicted octanol–water partition coefficient (Wildman–Crippen LogP) is 1.80. The molecular weight excluding hydrogens is 210 g/mol. The van der Waals surface area contributed by atoms with Crippen LogP contribution in [0.15, 0.2) is 22.8 Å². The van der Waals surface area contributed by atoms with Crippen molar-refractivity contribution in [1.82, 2.24) is 5.32 Å². The predicted molar refractivity (Wildman–Crippen MR) is 62.0 cm³/mol. The largest absolute Gasteiger partial charge is 0.467 e. The van der Waals surface area contributed by atoms with E-state index in [1.54, 1.807) is 18.4 Å². The van der Waals surface area contributed by atoms with Crippen molar-refractivity contribution in [1.29, 1.82) is 0 Å². The summed E-state index contributed by atoms with van der Waals surface area (Å²) in [6, 6.07) is 3.60. The first-order valence-corrected chi connectivity index (χ1v) is 6.45. The lowest BCUT2D eigenvalue weighted by molar-refractivity contribution is 0.147. The molecule has 0 amide bonds. The Bertz CT molecular complexity index is 270. The van der Waals surface area contributed by atoms with Crippen LogP contribution >= 0.6 is 11.8 Å². The lowest BCUT2D eigenvalue weighted by Gasteiger charge is -2.12. The van der Waals surface area contributed by atoms with Gasteiger partial charge in [0.1, 0.15) is 11.9 Å². The van der Waals surface area contributed by atoms with E-state index in [0.29, 0.717) is 12.3 Å². The zero-order valence-electron chi connectivity index (χ0n) is 8.69. The van der Waals surface area contributed by atoms with E-state index in [9.17, 15) is 5.11 Å². The quantitative estimate of drug-likeness (QED) is 0.805. The standard InChI is InChI=1S/C11H17NO2S/c13-10(11-4-1-5-14-11)8-12-7-9-3-2-6-15-9/h1,4-5,9-10,12-13H,2-3,6-8H2. The van der Waals surface area contributed by atoms with Gasteiger partial charge in [-0.3, -0.25) is 0 Å². The van der Waals surface area contributed by atoms with E-state index in [1.165, 1.54) is 18.6 Å². The van der Waals surface area contributed by atoms with Crippen LogP contribution in [-0.2, 0) is 0 Å². The van der Waals surface area contributed by atoms with E-state index in [2.05, 4.69) is 5.32 Å². The Hall–Kier alpha value is -0.450. The Morgan fingerprint density at radius 1 is 1.67 bits per heavy atom. The summed E-state index contributed by atoms with van der Waals surface area (Å²) in [4.78, 5) is 0. The van der Waals surface area contributed by atoms with Gasteiger partial charge < -0.3 is 14.8 Å². The molecule has 1 aromatic heterocycles. The second kappa shape index (κ2) is 5.58. The van der Waals surface area contributed by atoms with Crippen LogP contribution in [0.25, 0.3) is 0 Å². The highest BCUT2D eigenvalue weighted by molar-refractivity contribution is 8.00. The molecule has 0 spiro atoms. The number of furan rings is 1. The van der Waals surface area contributed by atoms with Crippen molar-refractivity contribution in [2.45, 2.75) is 24.2 Å². The number of hydrogen-bond acceptors (Lipinski definition) is 4. The number of nitrogens with one attached hydrogen (secondary N) is 1. The lowest BCUT2D eigenvalue weighted by atomic mass is 10.2. The first kappa shape index (κ1) is 11.0. The minimum Gasteiger partial charge on any atom is -0.467 e. The molecule has 4 heteroatoms. The fourth-order valence-electron chi connectivity index (χ4n) is 1.77. The van der Waals surface area contributed by atoms with E-state index in [4.69, 9.17) is 4.42 Å². The molecule has 84 valence electrons. The molecule has 1 fully saturated rings. The van der Waals surface area contributed by atoms with Crippen LogP contribution < -0.4 is 5.32 Å². The summed E-state index contributed by atoms with van der Waals surface area (Å²) in [6.45, 7) is 1.56. The SMILES string of the molecule is OC(CNCC1CCCS1)c1ccco1. The fraction of sp³-hybridized carbons (Fsp3) is 0.636. The van der Waals surface area contributed by atoms with Gasteiger partial charge in [0.15, 0.2) is 0 Å². The molecule has 2 heterocycles. The summed E-state index contributed by atoms with van der Waals surface area (Å²) in [5.41, 5.74) is 0. The van der Waals surface area contributed by atoms with Gasteiger partial charge in [-0.2, -0.15) is 11.8 Å². The maximum atomic E-state index is 9.72. The molecule has 2 atom stereocenters. The molecule has 0 aromatic carbocycles. The first-order valence-electron chi connectivity index (χ1n) is 5.40. The van der Waals surface area contributed by atoms with Crippen LogP contribution in [0.2, 0.25) is 0 Å². The van der Waals surface area contributed by atoms with Crippen LogP contribution in [0.5, 0.6) is 0 Å². The Kier molecular flexibility index (Phi) is 4.11. The molecule has 1 aliphatic rings. The average molecular weight is 227 g/mol. The molecule has 2 rings (SSSR count). The molecule has 0 radical (unpaired) electrons. The molecule has 0 bridgehead atoms. The number of aliphatic hydroxyl groups excluding tert-OH is 1. The maximum Gasteiger partial charge on any atom is 0.133 e. The minimum absolute atomic E-state index is 0.522. The smallest absolute Gasteiger partial charge is 0.133 e. The maximum absolute atomic E-state index is 9.72. The van der Waals surface area contributed by atoms with Gasteiger partial charge in [-0.15, -0.1) is 0 Å². The van der Waals surface area contributed by atoms with Crippen LogP contribution in [0.1, 0.15) is 24.7 Å². The zero-order chi connectivity index (χ0) is 10.5. The molecule has 2 N–H and O–H groups in total. The van der Waals surface area contributed by atoms with Gasteiger partial charge in [0.25, 0.3) is 0 Å². The average Bonchev–Trinajstić information content (AvgIpc) is 2.90. The van der Waals surface area contributed by atoms with Crippen molar-refractivity contribution in [3.8, 4) is 0 Å². The molecule has 1 aliphatic heterocycles. The molecule has 1 saturated heterocycles. The van der Waals surface area contributed by atoms with Crippen molar-refractivity contribution in [3.63, 3.8) is 0 Å². The molecule has 2 unspecified atom stereocenters. The molecule has 0 saturated carbocycles. The number of aliphatic hydroxyl groups is 1. The van der Waals surface area contributed by atoms with E-state index in [0.717, 1.165) is 11.8 Å². The van der Waals surface area contributed by atoms with Gasteiger partial charge in [0, 0.05) is 18.3 Å². The van der Waals surface area contributed by atoms with Crippen molar-refractivity contribution >= 4 is 11.8 Å². The zero-order valence-corrected chi connectivity index (χ0v) is 9.50. The molecule has 3 nitrogen and oxygen atoms in total. The summed E-state index contributed by atoms with van der Waals surface area (Å²) in [5.74, 6) is 1.93. The summed E-state index contributed by atoms with van der Waals surface area (Å²) >= 11 is 2.02. The van der Waals surface area contributed by atoms with Gasteiger partial charge in [-0.1, -0.05) is 0 Å². The van der Waals surface area contributed by atoms with Crippen LogP contribution in [0.4, 0.5) is 0 Å². The lowest BCUT2D eigenvalue weighted by Crippen LogP contribution is -2.27. The Balaban J connectivity index is 1.65. The van der Waals surface area contributed by atoms with Crippen molar-refractivity contribution in [2.75, 3.05) is 18.8 Å². The van der Waals surface area contributed by atoms with Gasteiger partial charge in [0.2, 0.25) is 0 Å². The van der Waals surface area contributed by atoms with E-state index >= 15 is 0 Å². The topological polar surface area (TPSA) is 45.4 Å². The highest BCUT2D eigenvalue weighted by atomic mass is 32.2. The monoisotopic (exact) mass is 227 g/mol. The summed E-state index contributed by atoms with van der Waals surface area (Å²) < 4.78 is 5.12. The van der Waals surface area contributed by atoms with Gasteiger partial charge in [-0.05, 0) is 30.7 Å². The molecule has 15 heavy (non-hydrogen) atoms. The second-order valence-electron chi connectivity index (χ2n) is 3.82. The third-order valence-electron chi connectivity index (χ3n) is 2.61. The van der Waals surface area contributed by atoms with E-state index < -0.39 is 6.10 Å².